The third-order valence-electron chi connectivity index (χ3n) is 5.03. The molecule has 0 spiro atoms. The minimum absolute atomic E-state index is 0.0734. The van der Waals surface area contributed by atoms with Crippen LogP contribution in [0.25, 0.3) is 0 Å². The second-order valence-corrected chi connectivity index (χ2v) is 7.09. The smallest absolute Gasteiger partial charge is 0.384 e. The number of methoxy groups -OCH3 is 1. The fourth-order valence-corrected chi connectivity index (χ4v) is 3.72. The Labute approximate surface area is 141 Å². The Hall–Kier alpha value is -0.860. The molecule has 5 nitrogen and oxygen atoms in total. The molecule has 140 valence electrons. The van der Waals surface area contributed by atoms with Crippen molar-refractivity contribution >= 4 is 5.91 Å². The lowest BCUT2D eigenvalue weighted by Gasteiger charge is -2.38. The molecule has 2 aliphatic heterocycles. The number of ether oxygens (including phenoxy) is 1. The van der Waals surface area contributed by atoms with Gasteiger partial charge >= 0.3 is 6.18 Å². The molecule has 0 radical (unpaired) electrons. The van der Waals surface area contributed by atoms with Gasteiger partial charge in [-0.1, -0.05) is 0 Å². The number of nitrogens with zero attached hydrogens (tertiary/aromatic N) is 1. The van der Waals surface area contributed by atoms with Crippen molar-refractivity contribution in [1.82, 2.24) is 15.5 Å². The number of amides is 1. The van der Waals surface area contributed by atoms with Gasteiger partial charge in [0.05, 0.1) is 19.1 Å². The van der Waals surface area contributed by atoms with Gasteiger partial charge in [0.25, 0.3) is 0 Å². The maximum Gasteiger partial charge on any atom is 0.401 e. The molecule has 0 aromatic rings. The number of hydrogen-bond donors (Lipinski definition) is 2. The summed E-state index contributed by atoms with van der Waals surface area (Å²) in [6, 6.07) is 0. The molecule has 2 aliphatic rings. The van der Waals surface area contributed by atoms with E-state index >= 15 is 0 Å². The third kappa shape index (κ3) is 5.89. The van der Waals surface area contributed by atoms with E-state index in [2.05, 4.69) is 10.6 Å². The predicted octanol–water partition coefficient (Wildman–Crippen LogP) is 1.39. The molecule has 2 N–H and O–H groups in total. The zero-order valence-electron chi connectivity index (χ0n) is 14.3. The molecule has 0 bridgehead atoms. The molecule has 2 saturated heterocycles. The van der Waals surface area contributed by atoms with Crippen LogP contribution in [0.2, 0.25) is 0 Å². The van der Waals surface area contributed by atoms with Crippen molar-refractivity contribution in [2.45, 2.75) is 31.9 Å². The Kier molecular flexibility index (Phi) is 6.88. The van der Waals surface area contributed by atoms with Gasteiger partial charge in [-0.3, -0.25) is 9.69 Å². The monoisotopic (exact) mass is 351 g/mol. The van der Waals surface area contributed by atoms with Crippen molar-refractivity contribution in [2.75, 3.05) is 53.0 Å². The highest BCUT2D eigenvalue weighted by Crippen LogP contribution is 2.29. The minimum Gasteiger partial charge on any atom is -0.384 e. The topological polar surface area (TPSA) is 53.6 Å². The Morgan fingerprint density at radius 3 is 2.71 bits per heavy atom. The van der Waals surface area contributed by atoms with Crippen LogP contribution >= 0.6 is 0 Å². The van der Waals surface area contributed by atoms with E-state index in [4.69, 9.17) is 4.74 Å². The lowest BCUT2D eigenvalue weighted by atomic mass is 9.79. The Morgan fingerprint density at radius 1 is 1.38 bits per heavy atom. The zero-order valence-corrected chi connectivity index (χ0v) is 14.3. The Bertz CT molecular complexity index is 406. The second kappa shape index (κ2) is 8.49. The van der Waals surface area contributed by atoms with E-state index in [9.17, 15) is 18.0 Å². The zero-order chi connectivity index (χ0) is 17.6. The average molecular weight is 351 g/mol. The van der Waals surface area contributed by atoms with Crippen molar-refractivity contribution < 1.29 is 22.7 Å². The van der Waals surface area contributed by atoms with Crippen LogP contribution in [0.5, 0.6) is 0 Å². The van der Waals surface area contributed by atoms with Crippen LogP contribution in [-0.4, -0.2) is 70.0 Å². The van der Waals surface area contributed by atoms with Gasteiger partial charge in [-0.15, -0.1) is 0 Å². The SMILES string of the molecule is COCC1(CNC(=O)C2CCCN(CC(F)(F)F)C2)CCNCC1. The molecule has 0 aromatic carbocycles. The summed E-state index contributed by atoms with van der Waals surface area (Å²) in [5, 5.41) is 6.27. The molecular weight excluding hydrogens is 323 g/mol. The van der Waals surface area contributed by atoms with Gasteiger partial charge < -0.3 is 15.4 Å². The molecule has 24 heavy (non-hydrogen) atoms. The molecule has 0 saturated carbocycles. The average Bonchev–Trinajstić information content (AvgIpc) is 2.52. The van der Waals surface area contributed by atoms with Crippen LogP contribution in [0.4, 0.5) is 13.2 Å². The Morgan fingerprint density at radius 2 is 2.08 bits per heavy atom. The number of carbonyl (C=O) groups is 1. The number of nitrogens with one attached hydrogen (secondary N) is 2. The third-order valence-corrected chi connectivity index (χ3v) is 5.03. The quantitative estimate of drug-likeness (QED) is 0.759. The van der Waals surface area contributed by atoms with E-state index < -0.39 is 12.7 Å². The van der Waals surface area contributed by atoms with Gasteiger partial charge in [0.15, 0.2) is 0 Å². The summed E-state index contributed by atoms with van der Waals surface area (Å²) < 4.78 is 42.9. The molecule has 1 atom stereocenters. The second-order valence-electron chi connectivity index (χ2n) is 7.09. The molecule has 2 fully saturated rings. The van der Waals surface area contributed by atoms with Crippen LogP contribution in [0.1, 0.15) is 25.7 Å². The van der Waals surface area contributed by atoms with Crippen molar-refractivity contribution in [3.63, 3.8) is 0 Å². The van der Waals surface area contributed by atoms with Gasteiger partial charge in [-0.25, -0.2) is 0 Å². The number of carbonyl (C=O) groups excluding carboxylic acids is 1. The number of likely N-dealkylation sites (tertiary alicyclic amines) is 1. The first-order valence-corrected chi connectivity index (χ1v) is 8.60. The molecule has 1 amide bonds. The van der Waals surface area contributed by atoms with Crippen molar-refractivity contribution in [1.29, 1.82) is 0 Å². The van der Waals surface area contributed by atoms with Gasteiger partial charge in [0.1, 0.15) is 0 Å². The largest absolute Gasteiger partial charge is 0.401 e. The first kappa shape index (κ1) is 19.5. The highest BCUT2D eigenvalue weighted by molar-refractivity contribution is 5.79. The van der Waals surface area contributed by atoms with Crippen LogP contribution in [-0.2, 0) is 9.53 Å². The van der Waals surface area contributed by atoms with Crippen molar-refractivity contribution in [3.8, 4) is 0 Å². The van der Waals surface area contributed by atoms with Crippen molar-refractivity contribution in [2.24, 2.45) is 11.3 Å². The predicted molar refractivity (Wildman–Crippen MR) is 84.6 cm³/mol. The van der Waals surface area contributed by atoms with Crippen molar-refractivity contribution in [3.05, 3.63) is 0 Å². The molecule has 8 heteroatoms. The summed E-state index contributed by atoms with van der Waals surface area (Å²) in [4.78, 5) is 13.8. The summed E-state index contributed by atoms with van der Waals surface area (Å²) in [7, 11) is 1.65. The molecule has 0 aromatic heterocycles. The summed E-state index contributed by atoms with van der Waals surface area (Å²) in [5.74, 6) is -0.488. The van der Waals surface area contributed by atoms with Crippen LogP contribution in [0.15, 0.2) is 0 Å². The molecule has 0 aliphatic carbocycles. The van der Waals surface area contributed by atoms with Crippen LogP contribution < -0.4 is 10.6 Å². The maximum atomic E-state index is 12.5. The lowest BCUT2D eigenvalue weighted by molar-refractivity contribution is -0.152. The minimum atomic E-state index is -4.21. The first-order valence-electron chi connectivity index (χ1n) is 8.60. The number of alkyl halides is 3. The lowest BCUT2D eigenvalue weighted by Crippen LogP contribution is -2.50. The summed E-state index contributed by atoms with van der Waals surface area (Å²) in [6.07, 6.45) is -1.09. The summed E-state index contributed by atoms with van der Waals surface area (Å²) >= 11 is 0. The standard InChI is InChI=1S/C16H28F3N3O2/c1-24-12-15(4-6-20-7-5-15)10-21-14(23)13-3-2-8-22(9-13)11-16(17,18)19/h13,20H,2-12H2,1H3,(H,21,23). The van der Waals surface area contributed by atoms with Gasteiger partial charge in [0.2, 0.25) is 5.91 Å². The summed E-state index contributed by atoms with van der Waals surface area (Å²) in [6.45, 7) is 2.55. The molecule has 1 unspecified atom stereocenters. The normalized spacial score (nSPS) is 25.4. The molecule has 2 heterocycles. The van der Waals surface area contributed by atoms with Crippen LogP contribution in [0.3, 0.4) is 0 Å². The van der Waals surface area contributed by atoms with Gasteiger partial charge in [-0.2, -0.15) is 13.2 Å². The first-order chi connectivity index (χ1) is 11.3. The van der Waals surface area contributed by atoms with E-state index in [0.29, 0.717) is 32.5 Å². The summed E-state index contributed by atoms with van der Waals surface area (Å²) in [5.41, 5.74) is -0.0734. The van der Waals surface area contributed by atoms with Gasteiger partial charge in [0, 0.05) is 25.6 Å². The number of rotatable bonds is 6. The van der Waals surface area contributed by atoms with E-state index in [1.54, 1.807) is 7.11 Å². The maximum absolute atomic E-state index is 12.5. The fourth-order valence-electron chi connectivity index (χ4n) is 3.72. The van der Waals surface area contributed by atoms with Gasteiger partial charge in [-0.05, 0) is 45.3 Å². The highest BCUT2D eigenvalue weighted by Gasteiger charge is 2.36. The number of halogens is 3. The van der Waals surface area contributed by atoms with E-state index in [-0.39, 0.29) is 23.8 Å². The van der Waals surface area contributed by atoms with Crippen LogP contribution in [0, 0.1) is 11.3 Å². The number of piperidine rings is 2. The van der Waals surface area contributed by atoms with E-state index in [1.807, 2.05) is 0 Å². The Balaban J connectivity index is 1.84. The molecular formula is C16H28F3N3O2. The highest BCUT2D eigenvalue weighted by atomic mass is 19.4. The van der Waals surface area contributed by atoms with E-state index in [0.717, 1.165) is 25.9 Å². The molecule has 2 rings (SSSR count). The fraction of sp³-hybridized carbons (Fsp3) is 0.938. The number of hydrogen-bond acceptors (Lipinski definition) is 4. The van der Waals surface area contributed by atoms with E-state index in [1.165, 1.54) is 4.90 Å².